The molecule has 76 valence electrons. The Bertz CT molecular complexity index is 346. The van der Waals surface area contributed by atoms with Crippen LogP contribution < -0.4 is 0 Å². The fourth-order valence-electron chi connectivity index (χ4n) is 1.59. The number of hydrogen-bond donors (Lipinski definition) is 0. The van der Waals surface area contributed by atoms with Crippen molar-refractivity contribution in [3.8, 4) is 0 Å². The third-order valence-electron chi connectivity index (χ3n) is 2.24. The van der Waals surface area contributed by atoms with Crippen LogP contribution in [0.3, 0.4) is 0 Å². The van der Waals surface area contributed by atoms with Crippen LogP contribution in [0.15, 0.2) is 30.3 Å². The Kier molecular flexibility index (Phi) is 3.13. The zero-order chi connectivity index (χ0) is 9.97. The topological polar surface area (TPSA) is 34.1 Å². The van der Waals surface area contributed by atoms with Crippen LogP contribution in [-0.4, -0.2) is 19.9 Å². The maximum Gasteiger partial charge on any atom is 0.135 e. The molecule has 14 heavy (non-hydrogen) atoms. The van der Waals surface area contributed by atoms with Crippen molar-refractivity contribution in [1.29, 1.82) is 0 Å². The molecule has 1 saturated heterocycles. The summed E-state index contributed by atoms with van der Waals surface area (Å²) in [5.41, 5.74) is 0.948. The highest BCUT2D eigenvalue weighted by Gasteiger charge is 2.28. The van der Waals surface area contributed by atoms with Crippen molar-refractivity contribution in [1.82, 2.24) is 0 Å². The van der Waals surface area contributed by atoms with Crippen LogP contribution in [0.25, 0.3) is 0 Å². The first-order valence-corrected chi connectivity index (χ1v) is 7.35. The van der Waals surface area contributed by atoms with Crippen molar-refractivity contribution in [3.05, 3.63) is 35.9 Å². The van der Waals surface area contributed by atoms with Gasteiger partial charge in [0.2, 0.25) is 0 Å². The lowest BCUT2D eigenvalue weighted by molar-refractivity contribution is 0.664. The van der Waals surface area contributed by atoms with Crippen LogP contribution >= 0.6 is 0 Å². The van der Waals surface area contributed by atoms with E-state index >= 15 is 0 Å². The van der Waals surface area contributed by atoms with Gasteiger partial charge in [0.25, 0.3) is 0 Å². The Labute approximate surface area is 88.6 Å². The van der Waals surface area contributed by atoms with E-state index in [4.69, 9.17) is 0 Å². The first-order chi connectivity index (χ1) is 6.79. The van der Waals surface area contributed by atoms with E-state index in [9.17, 15) is 8.42 Å². The van der Waals surface area contributed by atoms with E-state index < -0.39 is 21.6 Å². The van der Waals surface area contributed by atoms with E-state index in [2.05, 4.69) is 0 Å². The van der Waals surface area contributed by atoms with Crippen molar-refractivity contribution >= 4 is 21.6 Å². The lowest BCUT2D eigenvalue weighted by Crippen LogP contribution is -2.23. The fourth-order valence-corrected chi connectivity index (χ4v) is 5.52. The number of rotatable bonds is 1. The highest BCUT2D eigenvalue weighted by Crippen LogP contribution is 2.28. The van der Waals surface area contributed by atoms with Gasteiger partial charge in [-0.15, -0.1) is 0 Å². The zero-order valence-corrected chi connectivity index (χ0v) is 9.35. The summed E-state index contributed by atoms with van der Waals surface area (Å²) in [6, 6.07) is 9.53. The van der Waals surface area contributed by atoms with Crippen LogP contribution in [0.5, 0.6) is 0 Å². The maximum absolute atomic E-state index is 11.7. The van der Waals surface area contributed by atoms with Gasteiger partial charge in [-0.25, -0.2) is 0 Å². The fraction of sp³-hybridized carbons (Fsp3) is 0.400. The molecule has 1 aromatic carbocycles. The Morgan fingerprint density at radius 3 is 2.14 bits per heavy atom. The van der Waals surface area contributed by atoms with E-state index in [1.165, 1.54) is 0 Å². The molecule has 0 saturated carbocycles. The molecule has 0 bridgehead atoms. The summed E-state index contributed by atoms with van der Waals surface area (Å²) >= 11 is 0. The van der Waals surface area contributed by atoms with E-state index in [0.29, 0.717) is 11.5 Å². The predicted octanol–water partition coefficient (Wildman–Crippen LogP) is 1.59. The third kappa shape index (κ3) is 1.96. The molecule has 0 aromatic heterocycles. The highest BCUT2D eigenvalue weighted by atomic mass is 32.2. The van der Waals surface area contributed by atoms with Gasteiger partial charge in [-0.1, -0.05) is 30.3 Å². The molecule has 0 unspecified atom stereocenters. The van der Waals surface area contributed by atoms with Crippen LogP contribution in [0.4, 0.5) is 0 Å². The first kappa shape index (κ1) is 10.1. The van der Waals surface area contributed by atoms with Crippen molar-refractivity contribution in [2.24, 2.45) is 0 Å². The average Bonchev–Trinajstić information content (AvgIpc) is 2.19. The lowest BCUT2D eigenvalue weighted by atomic mass is 10.2. The highest BCUT2D eigenvalue weighted by molar-refractivity contribution is 8.02. The summed E-state index contributed by atoms with van der Waals surface area (Å²) in [6.07, 6.45) is 0.822. The molecule has 0 spiro atoms. The molecule has 2 rings (SSSR count). The molecule has 2 nitrogen and oxygen atoms in total. The van der Waals surface area contributed by atoms with Crippen LogP contribution in [0.2, 0.25) is 0 Å². The van der Waals surface area contributed by atoms with Gasteiger partial charge in [-0.3, -0.25) is 8.42 Å². The summed E-state index contributed by atoms with van der Waals surface area (Å²) in [5.74, 6) is 1.37. The van der Waals surface area contributed by atoms with Gasteiger partial charge in [0.15, 0.2) is 0 Å². The monoisotopic (exact) mass is 228 g/mol. The van der Waals surface area contributed by atoms with Crippen molar-refractivity contribution in [3.63, 3.8) is 0 Å². The van der Waals surface area contributed by atoms with E-state index in [1.807, 2.05) is 30.3 Å². The second kappa shape index (κ2) is 4.36. The van der Waals surface area contributed by atoms with Gasteiger partial charge < -0.3 is 0 Å². The molecule has 2 atom stereocenters. The van der Waals surface area contributed by atoms with Gasteiger partial charge in [-0.05, 0) is 12.0 Å². The molecule has 0 N–H and O–H groups in total. The number of benzene rings is 1. The van der Waals surface area contributed by atoms with Crippen LogP contribution in [-0.2, 0) is 21.6 Å². The van der Waals surface area contributed by atoms with Gasteiger partial charge in [-0.2, -0.15) is 0 Å². The van der Waals surface area contributed by atoms with Gasteiger partial charge >= 0.3 is 0 Å². The third-order valence-corrected chi connectivity index (χ3v) is 6.41. The largest absolute Gasteiger partial charge is 0.258 e. The molecular formula is C10H12O2S2. The molecule has 1 heterocycles. The van der Waals surface area contributed by atoms with Gasteiger partial charge in [0, 0.05) is 33.1 Å². The van der Waals surface area contributed by atoms with Crippen molar-refractivity contribution in [2.75, 3.05) is 11.5 Å². The minimum atomic E-state index is -0.959. The molecular weight excluding hydrogens is 216 g/mol. The molecule has 1 aromatic rings. The van der Waals surface area contributed by atoms with Gasteiger partial charge in [0.1, 0.15) is 4.58 Å². The average molecular weight is 228 g/mol. The molecule has 0 radical (unpaired) electrons. The van der Waals surface area contributed by atoms with Crippen molar-refractivity contribution < 1.29 is 8.42 Å². The van der Waals surface area contributed by atoms with Crippen LogP contribution in [0, 0.1) is 0 Å². The Morgan fingerprint density at radius 1 is 1.00 bits per heavy atom. The van der Waals surface area contributed by atoms with Crippen molar-refractivity contribution in [2.45, 2.75) is 11.0 Å². The molecule has 0 aliphatic carbocycles. The predicted molar refractivity (Wildman–Crippen MR) is 59.8 cm³/mol. The SMILES string of the molecule is O=[S@@]1CCC[S@@](=O)C1c1ccccc1. The molecule has 0 amide bonds. The minimum Gasteiger partial charge on any atom is -0.258 e. The second-order valence-electron chi connectivity index (χ2n) is 3.27. The standard InChI is InChI=1S/C10H12O2S2/c11-13-7-4-8-14(12)10(13)9-5-2-1-3-6-9/h1-3,5-6,10H,4,7-8H2/t13-,14-/m1/s1. The molecule has 1 fully saturated rings. The number of hydrogen-bond acceptors (Lipinski definition) is 2. The zero-order valence-electron chi connectivity index (χ0n) is 7.72. The van der Waals surface area contributed by atoms with Crippen LogP contribution in [0.1, 0.15) is 16.6 Å². The summed E-state index contributed by atoms with van der Waals surface area (Å²) < 4.78 is 23.2. The first-order valence-electron chi connectivity index (χ1n) is 4.58. The summed E-state index contributed by atoms with van der Waals surface area (Å²) in [6.45, 7) is 0. The Hall–Kier alpha value is -0.480. The van der Waals surface area contributed by atoms with E-state index in [-0.39, 0.29) is 4.58 Å². The second-order valence-corrected chi connectivity index (χ2v) is 6.85. The molecule has 4 heteroatoms. The normalized spacial score (nSPS) is 28.9. The minimum absolute atomic E-state index is 0.259. The summed E-state index contributed by atoms with van der Waals surface area (Å²) in [7, 11) is -1.92. The maximum atomic E-state index is 11.7. The summed E-state index contributed by atoms with van der Waals surface area (Å²) in [5, 5.41) is 0. The molecule has 1 aliphatic rings. The van der Waals surface area contributed by atoms with E-state index in [1.54, 1.807) is 0 Å². The molecule has 1 aliphatic heterocycles. The quantitative estimate of drug-likeness (QED) is 0.731. The van der Waals surface area contributed by atoms with Gasteiger partial charge in [0.05, 0.1) is 0 Å². The Morgan fingerprint density at radius 2 is 1.57 bits per heavy atom. The Balaban J connectivity index is 2.32. The van der Waals surface area contributed by atoms with E-state index in [0.717, 1.165) is 12.0 Å². The summed E-state index contributed by atoms with van der Waals surface area (Å²) in [4.78, 5) is 0. The smallest absolute Gasteiger partial charge is 0.135 e. The lowest BCUT2D eigenvalue weighted by Gasteiger charge is -2.20.